The van der Waals surface area contributed by atoms with Crippen LogP contribution in [0.15, 0.2) is 0 Å². The molecule has 0 amide bonds. The standard InChI is InChI=1S/C83H162O17P2/c1-7-10-12-14-16-18-19-30-38-43-49-55-61-67-82(87)99-78(71-93-80(85)65-59-53-47-17-15-13-11-8-2)73-97-101(89,90)95-69-77(84)70-96-102(91,92)98-74-79(72-94-81(86)66-60-54-48-42-37-33-28-25-24-26-31-35-40-45-51-57-63-75(4)5)100-83(88)68-62-56-50-44-39-34-29-23-21-20-22-27-32-36-41-46-52-58-64-76(6)9-3/h75-79,84H,7-74H2,1-6H3,(H,89,90)(H,91,92)/t76?,77-,78+,79+/m0/s1. The number of unbranched alkanes of at least 4 members (excludes halogenated alkanes) is 51. The van der Waals surface area contributed by atoms with E-state index in [-0.39, 0.29) is 25.7 Å². The lowest BCUT2D eigenvalue weighted by atomic mass is 9.99. The summed E-state index contributed by atoms with van der Waals surface area (Å²) >= 11 is 0. The van der Waals surface area contributed by atoms with E-state index in [1.165, 1.54) is 250 Å². The van der Waals surface area contributed by atoms with Gasteiger partial charge in [0.1, 0.15) is 19.3 Å². The van der Waals surface area contributed by atoms with Crippen molar-refractivity contribution in [3.63, 3.8) is 0 Å². The van der Waals surface area contributed by atoms with Crippen molar-refractivity contribution >= 4 is 39.5 Å². The monoisotopic (exact) mass is 1490 g/mol. The first-order chi connectivity index (χ1) is 49.4. The molecule has 6 atom stereocenters. The Kier molecular flexibility index (Phi) is 73.1. The number of esters is 4. The zero-order chi connectivity index (χ0) is 74.9. The SMILES string of the molecule is CCCCCCCCCCCCCCCC(=O)O[C@H](COC(=O)CCCCCCCCCC)COP(=O)(O)OC[C@H](O)COP(=O)(O)OC[C@@H](COC(=O)CCCCCCCCCCCCCCCCCCC(C)C)OC(=O)CCCCCCCCCCCCCCCCCCCCC(C)CC. The van der Waals surface area contributed by atoms with E-state index >= 15 is 0 Å². The molecule has 0 aromatic carbocycles. The topological polar surface area (TPSA) is 237 Å². The summed E-state index contributed by atoms with van der Waals surface area (Å²) in [7, 11) is -9.92. The molecule has 0 aliphatic heterocycles. The predicted molar refractivity (Wildman–Crippen MR) is 418 cm³/mol. The van der Waals surface area contributed by atoms with Crippen molar-refractivity contribution < 1.29 is 80.2 Å². The second-order valence-electron chi connectivity index (χ2n) is 30.6. The number of aliphatic hydroxyl groups excluding tert-OH is 1. The maximum absolute atomic E-state index is 13.1. The zero-order valence-corrected chi connectivity index (χ0v) is 68.7. The van der Waals surface area contributed by atoms with Gasteiger partial charge in [-0.3, -0.25) is 37.3 Å². The minimum atomic E-state index is -4.96. The minimum absolute atomic E-state index is 0.108. The fourth-order valence-electron chi connectivity index (χ4n) is 12.9. The Hall–Kier alpha value is -1.94. The molecule has 0 spiro atoms. The Morgan fingerprint density at radius 1 is 0.284 bits per heavy atom. The van der Waals surface area contributed by atoms with Crippen molar-refractivity contribution in [2.45, 2.75) is 458 Å². The molecule has 0 radical (unpaired) electrons. The average molecular weight is 1490 g/mol. The molecule has 0 saturated carbocycles. The molecule has 0 aromatic heterocycles. The Balaban J connectivity index is 5.18. The van der Waals surface area contributed by atoms with Crippen LogP contribution >= 0.6 is 15.6 Å². The van der Waals surface area contributed by atoms with Gasteiger partial charge in [-0.05, 0) is 37.5 Å². The highest BCUT2D eigenvalue weighted by Gasteiger charge is 2.30. The number of ether oxygens (including phenoxy) is 4. The lowest BCUT2D eigenvalue weighted by Gasteiger charge is -2.21. The van der Waals surface area contributed by atoms with E-state index in [1.54, 1.807) is 0 Å². The van der Waals surface area contributed by atoms with Crippen LogP contribution in [-0.2, 0) is 65.4 Å². The van der Waals surface area contributed by atoms with Crippen molar-refractivity contribution in [3.05, 3.63) is 0 Å². The summed E-state index contributed by atoms with van der Waals surface area (Å²) < 4.78 is 68.7. The quantitative estimate of drug-likeness (QED) is 0.0222. The third-order valence-electron chi connectivity index (χ3n) is 19.8. The molecule has 0 aliphatic rings. The number of carbonyl (C=O) groups excluding carboxylic acids is 4. The van der Waals surface area contributed by atoms with E-state index in [0.29, 0.717) is 25.7 Å². The maximum Gasteiger partial charge on any atom is 0.472 e. The first kappa shape index (κ1) is 100. The highest BCUT2D eigenvalue weighted by Crippen LogP contribution is 2.45. The van der Waals surface area contributed by atoms with Crippen molar-refractivity contribution in [2.24, 2.45) is 11.8 Å². The van der Waals surface area contributed by atoms with Crippen LogP contribution in [0.4, 0.5) is 0 Å². The van der Waals surface area contributed by atoms with Gasteiger partial charge in [0.15, 0.2) is 12.2 Å². The van der Waals surface area contributed by atoms with Crippen LogP contribution in [0.25, 0.3) is 0 Å². The number of carbonyl (C=O) groups is 4. The van der Waals surface area contributed by atoms with Crippen molar-refractivity contribution in [3.8, 4) is 0 Å². The van der Waals surface area contributed by atoms with Crippen LogP contribution in [0.2, 0.25) is 0 Å². The van der Waals surface area contributed by atoms with E-state index < -0.39 is 97.5 Å². The molecule has 3 unspecified atom stereocenters. The summed E-state index contributed by atoms with van der Waals surface area (Å²) in [5, 5.41) is 10.6. The van der Waals surface area contributed by atoms with Gasteiger partial charge in [-0.1, -0.05) is 388 Å². The van der Waals surface area contributed by atoms with Gasteiger partial charge in [0.2, 0.25) is 0 Å². The van der Waals surface area contributed by atoms with Crippen LogP contribution in [0, 0.1) is 11.8 Å². The number of rotatable bonds is 82. The normalized spacial score (nSPS) is 14.1. The van der Waals surface area contributed by atoms with Crippen molar-refractivity contribution in [1.29, 1.82) is 0 Å². The molecule has 0 aromatic rings. The van der Waals surface area contributed by atoms with E-state index in [2.05, 4.69) is 41.5 Å². The van der Waals surface area contributed by atoms with Crippen LogP contribution in [0.1, 0.15) is 440 Å². The van der Waals surface area contributed by atoms with Gasteiger partial charge in [0.25, 0.3) is 0 Å². The summed E-state index contributed by atoms with van der Waals surface area (Å²) in [6.07, 6.45) is 65.3. The number of aliphatic hydroxyl groups is 1. The van der Waals surface area contributed by atoms with Crippen LogP contribution < -0.4 is 0 Å². The Morgan fingerprint density at radius 2 is 0.500 bits per heavy atom. The highest BCUT2D eigenvalue weighted by molar-refractivity contribution is 7.47. The van der Waals surface area contributed by atoms with Gasteiger partial charge in [0.05, 0.1) is 26.4 Å². The summed E-state index contributed by atoms with van der Waals surface area (Å²) in [6, 6.07) is 0. The smallest absolute Gasteiger partial charge is 0.462 e. The first-order valence-corrected chi connectivity index (χ1v) is 46.0. The predicted octanol–water partition coefficient (Wildman–Crippen LogP) is 25.1. The first-order valence-electron chi connectivity index (χ1n) is 43.0. The molecule has 0 saturated heterocycles. The fraction of sp³-hybridized carbons (Fsp3) is 0.952. The van der Waals surface area contributed by atoms with Gasteiger partial charge in [-0.25, -0.2) is 9.13 Å². The molecular formula is C83H162O17P2. The Bertz CT molecular complexity index is 1960. The van der Waals surface area contributed by atoms with E-state index in [1.807, 2.05) is 0 Å². The van der Waals surface area contributed by atoms with Crippen LogP contribution in [0.3, 0.4) is 0 Å². The maximum atomic E-state index is 13.1. The average Bonchev–Trinajstić information content (AvgIpc) is 0.933. The number of hydrogen-bond acceptors (Lipinski definition) is 15. The molecule has 0 rings (SSSR count). The largest absolute Gasteiger partial charge is 0.472 e. The Labute approximate surface area is 626 Å². The highest BCUT2D eigenvalue weighted by atomic mass is 31.2. The van der Waals surface area contributed by atoms with E-state index in [9.17, 15) is 43.2 Å². The molecule has 17 nitrogen and oxygen atoms in total. The van der Waals surface area contributed by atoms with Gasteiger partial charge in [0, 0.05) is 25.7 Å². The Morgan fingerprint density at radius 3 is 0.745 bits per heavy atom. The van der Waals surface area contributed by atoms with Gasteiger partial charge >= 0.3 is 39.5 Å². The summed E-state index contributed by atoms with van der Waals surface area (Å²) in [4.78, 5) is 73.0. The van der Waals surface area contributed by atoms with E-state index in [0.717, 1.165) is 108 Å². The molecule has 19 heteroatoms. The third-order valence-corrected chi connectivity index (χ3v) is 21.7. The molecule has 606 valence electrons. The van der Waals surface area contributed by atoms with E-state index in [4.69, 9.17) is 37.0 Å². The molecule has 0 aliphatic carbocycles. The lowest BCUT2D eigenvalue weighted by molar-refractivity contribution is -0.161. The second kappa shape index (κ2) is 74.5. The molecule has 3 N–H and O–H groups in total. The summed E-state index contributed by atoms with van der Waals surface area (Å²) in [5.41, 5.74) is 0. The zero-order valence-electron chi connectivity index (χ0n) is 66.9. The minimum Gasteiger partial charge on any atom is -0.462 e. The van der Waals surface area contributed by atoms with Crippen LogP contribution in [0.5, 0.6) is 0 Å². The van der Waals surface area contributed by atoms with Crippen molar-refractivity contribution in [2.75, 3.05) is 39.6 Å². The molecular weight excluding hydrogens is 1330 g/mol. The fourth-order valence-corrected chi connectivity index (χ4v) is 14.4. The van der Waals surface area contributed by atoms with Gasteiger partial charge in [-0.15, -0.1) is 0 Å². The number of hydrogen-bond donors (Lipinski definition) is 3. The number of phosphoric acid groups is 2. The lowest BCUT2D eigenvalue weighted by Crippen LogP contribution is -2.30. The molecule has 0 fully saturated rings. The molecule has 102 heavy (non-hydrogen) atoms. The third kappa shape index (κ3) is 74.9. The van der Waals surface area contributed by atoms with Crippen LogP contribution in [-0.4, -0.2) is 96.7 Å². The molecule has 0 bridgehead atoms. The van der Waals surface area contributed by atoms with Gasteiger partial charge < -0.3 is 33.8 Å². The molecule has 0 heterocycles. The summed E-state index contributed by atoms with van der Waals surface area (Å²) in [5.74, 6) is -0.424. The second-order valence-corrected chi connectivity index (χ2v) is 33.5. The summed E-state index contributed by atoms with van der Waals surface area (Å²) in [6.45, 7) is 9.72. The van der Waals surface area contributed by atoms with Gasteiger partial charge in [-0.2, -0.15) is 0 Å². The van der Waals surface area contributed by atoms with Crippen molar-refractivity contribution in [1.82, 2.24) is 0 Å². The number of phosphoric ester groups is 2.